The fourth-order valence-electron chi connectivity index (χ4n) is 2.59. The number of rotatable bonds is 4. The molecule has 2 nitrogen and oxygen atoms in total. The standard InChI is InChI=1S/C11H23N.C4H10O/c1-3-10-8-6-4-5-7-9-11(10)12-2;1-2-3-4-5/h10-12H,3-9H2,1-2H3;5H,2-4H2,1H3. The first-order chi connectivity index (χ1) is 8.29. The summed E-state index contributed by atoms with van der Waals surface area (Å²) >= 11 is 0. The van der Waals surface area contributed by atoms with Gasteiger partial charge in [0, 0.05) is 12.6 Å². The van der Waals surface area contributed by atoms with E-state index < -0.39 is 0 Å². The third-order valence-corrected chi connectivity index (χ3v) is 3.82. The Balaban J connectivity index is 0.000000437. The van der Waals surface area contributed by atoms with E-state index in [9.17, 15) is 0 Å². The van der Waals surface area contributed by atoms with Gasteiger partial charge in [-0.1, -0.05) is 52.4 Å². The quantitative estimate of drug-likeness (QED) is 0.788. The molecule has 104 valence electrons. The summed E-state index contributed by atoms with van der Waals surface area (Å²) in [6.07, 6.45) is 12.0. The van der Waals surface area contributed by atoms with Gasteiger partial charge in [0.1, 0.15) is 0 Å². The molecule has 0 aromatic rings. The second-order valence-electron chi connectivity index (χ2n) is 5.13. The first-order valence-electron chi connectivity index (χ1n) is 7.58. The van der Waals surface area contributed by atoms with E-state index in [0.29, 0.717) is 6.61 Å². The molecule has 2 N–H and O–H groups in total. The van der Waals surface area contributed by atoms with Crippen molar-refractivity contribution in [3.8, 4) is 0 Å². The lowest BCUT2D eigenvalue weighted by Gasteiger charge is -2.28. The van der Waals surface area contributed by atoms with E-state index in [1.807, 2.05) is 0 Å². The molecule has 1 aliphatic rings. The van der Waals surface area contributed by atoms with Gasteiger partial charge in [0.15, 0.2) is 0 Å². The molecule has 0 bridgehead atoms. The van der Waals surface area contributed by atoms with E-state index in [1.165, 1.54) is 44.9 Å². The van der Waals surface area contributed by atoms with Gasteiger partial charge in [-0.25, -0.2) is 0 Å². The van der Waals surface area contributed by atoms with Crippen LogP contribution < -0.4 is 5.32 Å². The van der Waals surface area contributed by atoms with Crippen LogP contribution in [0.3, 0.4) is 0 Å². The van der Waals surface area contributed by atoms with Gasteiger partial charge in [0.25, 0.3) is 0 Å². The van der Waals surface area contributed by atoms with Crippen LogP contribution in [0.15, 0.2) is 0 Å². The van der Waals surface area contributed by atoms with Crippen LogP contribution in [0.2, 0.25) is 0 Å². The van der Waals surface area contributed by atoms with E-state index in [2.05, 4.69) is 26.2 Å². The SMILES string of the molecule is CCC1CCCCCCC1NC.CCCCO. The Morgan fingerprint density at radius 1 is 1.06 bits per heavy atom. The van der Waals surface area contributed by atoms with E-state index in [1.54, 1.807) is 0 Å². The van der Waals surface area contributed by atoms with Gasteiger partial charge in [-0.3, -0.25) is 0 Å². The Labute approximate surface area is 108 Å². The highest BCUT2D eigenvalue weighted by atomic mass is 16.2. The molecule has 0 radical (unpaired) electrons. The highest BCUT2D eigenvalue weighted by Crippen LogP contribution is 2.24. The molecular weight excluding hydrogens is 210 g/mol. The Morgan fingerprint density at radius 3 is 2.12 bits per heavy atom. The lowest BCUT2D eigenvalue weighted by Crippen LogP contribution is -2.33. The van der Waals surface area contributed by atoms with Gasteiger partial charge in [-0.15, -0.1) is 0 Å². The normalized spacial score (nSPS) is 25.4. The zero-order valence-corrected chi connectivity index (χ0v) is 12.2. The predicted octanol–water partition coefficient (Wildman–Crippen LogP) is 3.73. The molecule has 0 spiro atoms. The number of aliphatic hydroxyl groups excluding tert-OH is 1. The molecule has 2 unspecified atom stereocenters. The Bertz CT molecular complexity index is 134. The monoisotopic (exact) mass is 243 g/mol. The van der Waals surface area contributed by atoms with Crippen molar-refractivity contribution >= 4 is 0 Å². The number of unbranched alkanes of at least 4 members (excludes halogenated alkanes) is 1. The van der Waals surface area contributed by atoms with E-state index in [4.69, 9.17) is 5.11 Å². The van der Waals surface area contributed by atoms with Crippen LogP contribution in [-0.4, -0.2) is 24.8 Å². The Kier molecular flexibility index (Phi) is 12.3. The maximum atomic E-state index is 8.07. The minimum atomic E-state index is 0.344. The average molecular weight is 243 g/mol. The van der Waals surface area contributed by atoms with Crippen LogP contribution in [0.1, 0.15) is 71.6 Å². The Hall–Kier alpha value is -0.0800. The second kappa shape index (κ2) is 12.4. The highest BCUT2D eigenvalue weighted by molar-refractivity contribution is 4.76. The first kappa shape index (κ1) is 16.9. The summed E-state index contributed by atoms with van der Waals surface area (Å²) in [6.45, 7) is 4.73. The summed E-state index contributed by atoms with van der Waals surface area (Å²) in [6, 6.07) is 0.801. The predicted molar refractivity (Wildman–Crippen MR) is 76.3 cm³/mol. The van der Waals surface area contributed by atoms with Gasteiger partial charge in [0.05, 0.1) is 0 Å². The summed E-state index contributed by atoms with van der Waals surface area (Å²) in [5.74, 6) is 0.940. The van der Waals surface area contributed by atoms with Gasteiger partial charge in [-0.2, -0.15) is 0 Å². The van der Waals surface area contributed by atoms with Crippen molar-refractivity contribution in [1.82, 2.24) is 5.32 Å². The molecule has 0 heterocycles. The lowest BCUT2D eigenvalue weighted by atomic mass is 9.85. The molecule has 1 rings (SSSR count). The molecule has 0 amide bonds. The van der Waals surface area contributed by atoms with E-state index in [0.717, 1.165) is 24.8 Å². The van der Waals surface area contributed by atoms with Crippen molar-refractivity contribution in [2.75, 3.05) is 13.7 Å². The smallest absolute Gasteiger partial charge is 0.0430 e. The second-order valence-corrected chi connectivity index (χ2v) is 5.13. The fourth-order valence-corrected chi connectivity index (χ4v) is 2.59. The van der Waals surface area contributed by atoms with Crippen LogP contribution in [0.25, 0.3) is 0 Å². The number of nitrogens with one attached hydrogen (secondary N) is 1. The maximum absolute atomic E-state index is 8.07. The van der Waals surface area contributed by atoms with Crippen molar-refractivity contribution in [2.45, 2.75) is 77.7 Å². The molecule has 0 saturated heterocycles. The van der Waals surface area contributed by atoms with Gasteiger partial charge < -0.3 is 10.4 Å². The van der Waals surface area contributed by atoms with Crippen molar-refractivity contribution in [2.24, 2.45) is 5.92 Å². The molecule has 2 atom stereocenters. The van der Waals surface area contributed by atoms with Gasteiger partial charge in [-0.05, 0) is 32.2 Å². The summed E-state index contributed by atoms with van der Waals surface area (Å²) in [7, 11) is 2.12. The van der Waals surface area contributed by atoms with Crippen molar-refractivity contribution in [3.05, 3.63) is 0 Å². The first-order valence-corrected chi connectivity index (χ1v) is 7.58. The summed E-state index contributed by atoms with van der Waals surface area (Å²) in [5, 5.41) is 11.5. The van der Waals surface area contributed by atoms with Crippen LogP contribution in [0, 0.1) is 5.92 Å². The Morgan fingerprint density at radius 2 is 1.71 bits per heavy atom. The molecule has 0 aromatic carbocycles. The molecule has 0 aromatic heterocycles. The lowest BCUT2D eigenvalue weighted by molar-refractivity contribution is 0.287. The van der Waals surface area contributed by atoms with Crippen molar-refractivity contribution in [3.63, 3.8) is 0 Å². The maximum Gasteiger partial charge on any atom is 0.0430 e. The third-order valence-electron chi connectivity index (χ3n) is 3.82. The van der Waals surface area contributed by atoms with Crippen molar-refractivity contribution < 1.29 is 5.11 Å². The summed E-state index contributed by atoms with van der Waals surface area (Å²) in [4.78, 5) is 0. The van der Waals surface area contributed by atoms with Crippen molar-refractivity contribution in [1.29, 1.82) is 0 Å². The van der Waals surface area contributed by atoms with E-state index >= 15 is 0 Å². The summed E-state index contributed by atoms with van der Waals surface area (Å²) < 4.78 is 0. The molecular formula is C15H33NO. The average Bonchev–Trinajstić information content (AvgIpc) is 2.31. The minimum absolute atomic E-state index is 0.344. The van der Waals surface area contributed by atoms with Crippen LogP contribution in [-0.2, 0) is 0 Å². The molecule has 0 aliphatic heterocycles. The van der Waals surface area contributed by atoms with Gasteiger partial charge in [0.2, 0.25) is 0 Å². The van der Waals surface area contributed by atoms with E-state index in [-0.39, 0.29) is 0 Å². The summed E-state index contributed by atoms with van der Waals surface area (Å²) in [5.41, 5.74) is 0. The molecule has 1 aliphatic carbocycles. The topological polar surface area (TPSA) is 32.3 Å². The number of hydrogen-bond donors (Lipinski definition) is 2. The highest BCUT2D eigenvalue weighted by Gasteiger charge is 2.18. The molecule has 1 fully saturated rings. The van der Waals surface area contributed by atoms with Crippen LogP contribution in [0.4, 0.5) is 0 Å². The zero-order valence-electron chi connectivity index (χ0n) is 12.2. The molecule has 2 heteroatoms. The molecule has 1 saturated carbocycles. The fraction of sp³-hybridized carbons (Fsp3) is 1.00. The van der Waals surface area contributed by atoms with Crippen LogP contribution >= 0.6 is 0 Å². The molecule has 17 heavy (non-hydrogen) atoms. The van der Waals surface area contributed by atoms with Crippen LogP contribution in [0.5, 0.6) is 0 Å². The minimum Gasteiger partial charge on any atom is -0.396 e. The zero-order chi connectivity index (χ0) is 12.9. The third kappa shape index (κ3) is 8.62. The largest absolute Gasteiger partial charge is 0.396 e. The van der Waals surface area contributed by atoms with Gasteiger partial charge >= 0.3 is 0 Å². The number of hydrogen-bond acceptors (Lipinski definition) is 2. The number of aliphatic hydroxyl groups is 1.